The molecule has 3 heterocycles. The number of fused-ring (bicyclic) bond motifs is 7. The van der Waals surface area contributed by atoms with Crippen LogP contribution in [0.1, 0.15) is 49.9 Å². The number of rotatable bonds is 8. The Labute approximate surface area is 315 Å². The summed E-state index contributed by atoms with van der Waals surface area (Å²) in [6, 6.07) is 39.9. The second-order valence-electron chi connectivity index (χ2n) is 14.7. The summed E-state index contributed by atoms with van der Waals surface area (Å²) in [6.45, 7) is 17.5. The molecule has 0 spiro atoms. The van der Waals surface area contributed by atoms with Crippen LogP contribution in [-0.4, -0.2) is 19.9 Å². The van der Waals surface area contributed by atoms with Gasteiger partial charge in [0.15, 0.2) is 17.5 Å². The Morgan fingerprint density at radius 1 is 0.611 bits per heavy atom. The molecule has 0 aliphatic heterocycles. The van der Waals surface area contributed by atoms with Crippen LogP contribution in [0.25, 0.3) is 90.6 Å². The minimum Gasteiger partial charge on any atom is -0.438 e. The first-order valence-corrected chi connectivity index (χ1v) is 18.6. The van der Waals surface area contributed by atoms with Crippen molar-refractivity contribution in [3.05, 3.63) is 157 Å². The van der Waals surface area contributed by atoms with Gasteiger partial charge in [0.25, 0.3) is 0 Å². The SMILES string of the molecule is C=Cc1cccc(-c2cccc(-c3nc(-c4ccccc4)nc(-c4cccc5c4-c4ccc6oc7ncccc7c6c4C5(C(C)C)C(C)C)n3)c2)c1C=C. The molecule has 1 aliphatic carbocycles. The largest absolute Gasteiger partial charge is 0.438 e. The second kappa shape index (κ2) is 12.9. The molecule has 8 aromatic rings. The molecule has 5 aromatic carbocycles. The molecule has 0 unspecified atom stereocenters. The summed E-state index contributed by atoms with van der Waals surface area (Å²) in [7, 11) is 0. The first-order chi connectivity index (χ1) is 26.3. The van der Waals surface area contributed by atoms with Crippen molar-refractivity contribution in [2.45, 2.75) is 33.1 Å². The van der Waals surface area contributed by atoms with E-state index in [-0.39, 0.29) is 17.3 Å². The zero-order chi connectivity index (χ0) is 37.1. The fourth-order valence-corrected chi connectivity index (χ4v) is 9.12. The predicted molar refractivity (Wildman–Crippen MR) is 223 cm³/mol. The third kappa shape index (κ3) is 4.92. The maximum absolute atomic E-state index is 6.39. The highest BCUT2D eigenvalue weighted by molar-refractivity contribution is 6.11. The van der Waals surface area contributed by atoms with Gasteiger partial charge in [-0.3, -0.25) is 0 Å². The van der Waals surface area contributed by atoms with Gasteiger partial charge in [0.1, 0.15) is 5.58 Å². The molecule has 54 heavy (non-hydrogen) atoms. The molecule has 0 N–H and O–H groups in total. The highest BCUT2D eigenvalue weighted by atomic mass is 16.3. The summed E-state index contributed by atoms with van der Waals surface area (Å²) in [6.07, 6.45) is 5.56. The molecule has 1 aliphatic rings. The van der Waals surface area contributed by atoms with Crippen LogP contribution < -0.4 is 0 Å². The van der Waals surface area contributed by atoms with Crippen molar-refractivity contribution in [1.29, 1.82) is 0 Å². The van der Waals surface area contributed by atoms with E-state index in [2.05, 4.69) is 137 Å². The van der Waals surface area contributed by atoms with E-state index in [1.54, 1.807) is 6.20 Å². The van der Waals surface area contributed by atoms with Crippen LogP contribution in [0.5, 0.6) is 0 Å². The molecule has 3 aromatic heterocycles. The maximum atomic E-state index is 6.39. The topological polar surface area (TPSA) is 64.7 Å². The van der Waals surface area contributed by atoms with E-state index in [1.165, 1.54) is 16.7 Å². The average Bonchev–Trinajstić information content (AvgIpc) is 3.75. The molecular weight excluding hydrogens is 661 g/mol. The first-order valence-electron chi connectivity index (χ1n) is 18.6. The van der Waals surface area contributed by atoms with Crippen molar-refractivity contribution in [3.63, 3.8) is 0 Å². The Balaban J connectivity index is 1.32. The van der Waals surface area contributed by atoms with Crippen molar-refractivity contribution in [2.75, 3.05) is 0 Å². The van der Waals surface area contributed by atoms with Crippen molar-refractivity contribution in [1.82, 2.24) is 19.9 Å². The summed E-state index contributed by atoms with van der Waals surface area (Å²) in [5.74, 6) is 2.42. The van der Waals surface area contributed by atoms with E-state index in [9.17, 15) is 0 Å². The standard InChI is InChI=1S/C49H40N4O/c1-7-31-18-13-21-36(35(31)8-2)33-19-12-20-34(28-33)46-51-45(32-16-10-9-11-17-32)52-47(53-46)38-22-14-24-40-42(38)37-25-26-41-43(39-23-15-27-50-48(39)54-41)44(37)49(40,29(3)4)30(5)6/h7-30H,1-2H2,3-6H3. The minimum atomic E-state index is -0.303. The van der Waals surface area contributed by atoms with Crippen LogP contribution in [0.4, 0.5) is 0 Å². The Morgan fingerprint density at radius 2 is 1.30 bits per heavy atom. The Hall–Kier alpha value is -6.46. The molecule has 0 bridgehead atoms. The summed E-state index contributed by atoms with van der Waals surface area (Å²) >= 11 is 0. The van der Waals surface area contributed by atoms with Gasteiger partial charge in [0.2, 0.25) is 5.71 Å². The first kappa shape index (κ1) is 33.4. The molecule has 0 atom stereocenters. The van der Waals surface area contributed by atoms with E-state index < -0.39 is 0 Å². The van der Waals surface area contributed by atoms with E-state index in [0.29, 0.717) is 23.2 Å². The van der Waals surface area contributed by atoms with E-state index in [0.717, 1.165) is 60.9 Å². The molecule has 0 radical (unpaired) electrons. The smallest absolute Gasteiger partial charge is 0.227 e. The van der Waals surface area contributed by atoms with Gasteiger partial charge in [-0.15, -0.1) is 0 Å². The lowest BCUT2D eigenvalue weighted by atomic mass is 9.62. The summed E-state index contributed by atoms with van der Waals surface area (Å²) in [5.41, 5.74) is 13.2. The third-order valence-corrected chi connectivity index (χ3v) is 11.3. The zero-order valence-electron chi connectivity index (χ0n) is 31.0. The summed E-state index contributed by atoms with van der Waals surface area (Å²) in [4.78, 5) is 20.3. The molecule has 5 nitrogen and oxygen atoms in total. The molecule has 0 saturated heterocycles. The fraction of sp³-hybridized carbons (Fsp3) is 0.143. The van der Waals surface area contributed by atoms with Gasteiger partial charge < -0.3 is 4.42 Å². The maximum Gasteiger partial charge on any atom is 0.227 e. The minimum absolute atomic E-state index is 0.275. The predicted octanol–water partition coefficient (Wildman–Crippen LogP) is 12.7. The number of benzene rings is 5. The van der Waals surface area contributed by atoms with Gasteiger partial charge >= 0.3 is 0 Å². The van der Waals surface area contributed by atoms with Gasteiger partial charge in [-0.25, -0.2) is 19.9 Å². The molecule has 9 rings (SSSR count). The Bertz CT molecular complexity index is 2770. The Morgan fingerprint density at radius 3 is 2.06 bits per heavy atom. The summed E-state index contributed by atoms with van der Waals surface area (Å²) < 4.78 is 6.39. The lowest BCUT2D eigenvalue weighted by Gasteiger charge is -2.40. The number of hydrogen-bond donors (Lipinski definition) is 0. The number of furan rings is 1. The molecule has 262 valence electrons. The summed E-state index contributed by atoms with van der Waals surface area (Å²) in [5, 5.41) is 2.18. The van der Waals surface area contributed by atoms with Gasteiger partial charge in [-0.2, -0.15) is 0 Å². The second-order valence-corrected chi connectivity index (χ2v) is 14.7. The van der Waals surface area contributed by atoms with Gasteiger partial charge in [-0.05, 0) is 80.6 Å². The van der Waals surface area contributed by atoms with Crippen LogP contribution in [-0.2, 0) is 5.41 Å². The highest BCUT2D eigenvalue weighted by Crippen LogP contribution is 2.61. The molecule has 0 fully saturated rings. The monoisotopic (exact) mass is 700 g/mol. The third-order valence-electron chi connectivity index (χ3n) is 11.3. The van der Waals surface area contributed by atoms with Crippen LogP contribution in [0.15, 0.2) is 139 Å². The lowest BCUT2D eigenvalue weighted by molar-refractivity contribution is 0.282. The van der Waals surface area contributed by atoms with Crippen molar-refractivity contribution in [2.24, 2.45) is 11.8 Å². The molecule has 5 heteroatoms. The normalized spacial score (nSPS) is 13.1. The van der Waals surface area contributed by atoms with Gasteiger partial charge in [0, 0.05) is 39.1 Å². The van der Waals surface area contributed by atoms with Crippen LogP contribution in [0.3, 0.4) is 0 Å². The van der Waals surface area contributed by atoms with E-state index in [1.807, 2.05) is 36.4 Å². The van der Waals surface area contributed by atoms with Crippen LogP contribution in [0, 0.1) is 11.8 Å². The molecule has 0 saturated carbocycles. The number of aromatic nitrogens is 4. The van der Waals surface area contributed by atoms with Crippen molar-refractivity contribution < 1.29 is 4.42 Å². The fourth-order valence-electron chi connectivity index (χ4n) is 9.12. The van der Waals surface area contributed by atoms with Crippen molar-refractivity contribution >= 4 is 34.2 Å². The lowest BCUT2D eigenvalue weighted by Crippen LogP contribution is -2.37. The highest BCUT2D eigenvalue weighted by Gasteiger charge is 2.50. The van der Waals surface area contributed by atoms with Crippen LogP contribution >= 0.6 is 0 Å². The number of hydrogen-bond acceptors (Lipinski definition) is 5. The van der Waals surface area contributed by atoms with Crippen LogP contribution in [0.2, 0.25) is 0 Å². The van der Waals surface area contributed by atoms with Crippen molar-refractivity contribution in [3.8, 4) is 56.4 Å². The zero-order valence-corrected chi connectivity index (χ0v) is 31.0. The average molecular weight is 701 g/mol. The number of nitrogens with zero attached hydrogens (tertiary/aromatic N) is 4. The van der Waals surface area contributed by atoms with Gasteiger partial charge in [0.05, 0.1) is 0 Å². The quantitative estimate of drug-likeness (QED) is 0.158. The molecular formula is C49H40N4O. The number of pyridine rings is 1. The molecule has 0 amide bonds. The Kier molecular flexibility index (Phi) is 7.97. The van der Waals surface area contributed by atoms with E-state index >= 15 is 0 Å². The van der Waals surface area contributed by atoms with Gasteiger partial charge in [-0.1, -0.05) is 144 Å². The van der Waals surface area contributed by atoms with E-state index in [4.69, 9.17) is 19.4 Å².